The number of halogens is 1. The summed E-state index contributed by atoms with van der Waals surface area (Å²) in [4.78, 5) is 0. The zero-order chi connectivity index (χ0) is 9.40. The van der Waals surface area contributed by atoms with E-state index in [4.69, 9.17) is 5.11 Å². The quantitative estimate of drug-likeness (QED) is 0.554. The fourth-order valence-electron chi connectivity index (χ4n) is 1.03. The Morgan fingerprint density at radius 3 is 2.67 bits per heavy atom. The van der Waals surface area contributed by atoms with E-state index in [1.165, 1.54) is 12.0 Å². The van der Waals surface area contributed by atoms with Crippen molar-refractivity contribution in [3.8, 4) is 0 Å². The van der Waals surface area contributed by atoms with Crippen LogP contribution in [-0.2, 0) is 0 Å². The van der Waals surface area contributed by atoms with Crippen LogP contribution < -0.4 is 0 Å². The van der Waals surface area contributed by atoms with Crippen molar-refractivity contribution in [2.75, 3.05) is 11.9 Å². The van der Waals surface area contributed by atoms with Gasteiger partial charge in [-0.1, -0.05) is 34.5 Å². The highest BCUT2D eigenvalue weighted by molar-refractivity contribution is 9.09. The van der Waals surface area contributed by atoms with Gasteiger partial charge in [-0.15, -0.1) is 0 Å². The number of rotatable bonds is 6. The SMILES string of the molecule is C/C(=C/CCC(C)CCO)CBr. The molecule has 0 fully saturated rings. The summed E-state index contributed by atoms with van der Waals surface area (Å²) in [7, 11) is 0. The van der Waals surface area contributed by atoms with Crippen molar-refractivity contribution in [1.29, 1.82) is 0 Å². The van der Waals surface area contributed by atoms with Crippen molar-refractivity contribution in [3.63, 3.8) is 0 Å². The maximum Gasteiger partial charge on any atom is 0.0433 e. The molecule has 0 aromatic carbocycles. The molecule has 0 radical (unpaired) electrons. The molecule has 0 aromatic heterocycles. The molecule has 0 bridgehead atoms. The molecule has 0 aliphatic heterocycles. The van der Waals surface area contributed by atoms with Crippen LogP contribution in [0.2, 0.25) is 0 Å². The zero-order valence-electron chi connectivity index (χ0n) is 8.02. The maximum absolute atomic E-state index is 8.67. The molecule has 0 spiro atoms. The van der Waals surface area contributed by atoms with Crippen LogP contribution in [0.15, 0.2) is 11.6 Å². The van der Waals surface area contributed by atoms with E-state index in [1.54, 1.807) is 0 Å². The van der Waals surface area contributed by atoms with E-state index in [0.29, 0.717) is 12.5 Å². The summed E-state index contributed by atoms with van der Waals surface area (Å²) in [5, 5.41) is 9.64. The van der Waals surface area contributed by atoms with Crippen LogP contribution in [0.25, 0.3) is 0 Å². The summed E-state index contributed by atoms with van der Waals surface area (Å²) in [6, 6.07) is 0. The molecule has 0 heterocycles. The van der Waals surface area contributed by atoms with Gasteiger partial charge in [-0.2, -0.15) is 0 Å². The van der Waals surface area contributed by atoms with Gasteiger partial charge in [0.25, 0.3) is 0 Å². The average molecular weight is 235 g/mol. The molecule has 0 saturated carbocycles. The number of aliphatic hydroxyl groups excluding tert-OH is 1. The van der Waals surface area contributed by atoms with Gasteiger partial charge in [0.1, 0.15) is 0 Å². The Bertz CT molecular complexity index is 132. The Morgan fingerprint density at radius 1 is 1.50 bits per heavy atom. The molecule has 1 atom stereocenters. The number of hydrogen-bond acceptors (Lipinski definition) is 1. The summed E-state index contributed by atoms with van der Waals surface area (Å²) in [6.07, 6.45) is 5.52. The summed E-state index contributed by atoms with van der Waals surface area (Å²) in [5.74, 6) is 0.648. The molecule has 1 N–H and O–H groups in total. The minimum Gasteiger partial charge on any atom is -0.396 e. The topological polar surface area (TPSA) is 20.2 Å². The van der Waals surface area contributed by atoms with Gasteiger partial charge < -0.3 is 5.11 Å². The first-order valence-corrected chi connectivity index (χ1v) is 5.65. The lowest BCUT2D eigenvalue weighted by atomic mass is 10.0. The van der Waals surface area contributed by atoms with E-state index in [0.717, 1.165) is 18.2 Å². The van der Waals surface area contributed by atoms with E-state index >= 15 is 0 Å². The van der Waals surface area contributed by atoms with Crippen LogP contribution >= 0.6 is 15.9 Å². The van der Waals surface area contributed by atoms with Gasteiger partial charge in [-0.25, -0.2) is 0 Å². The number of hydrogen-bond donors (Lipinski definition) is 1. The Balaban J connectivity index is 3.41. The van der Waals surface area contributed by atoms with Gasteiger partial charge in [0, 0.05) is 11.9 Å². The largest absolute Gasteiger partial charge is 0.396 e. The highest BCUT2D eigenvalue weighted by Gasteiger charge is 1.98. The van der Waals surface area contributed by atoms with E-state index in [-0.39, 0.29) is 0 Å². The average Bonchev–Trinajstić information content (AvgIpc) is 2.04. The Hall–Kier alpha value is 0.180. The molecule has 0 saturated heterocycles. The highest BCUT2D eigenvalue weighted by Crippen LogP contribution is 2.11. The molecule has 12 heavy (non-hydrogen) atoms. The molecule has 0 amide bonds. The van der Waals surface area contributed by atoms with E-state index in [9.17, 15) is 0 Å². The van der Waals surface area contributed by atoms with Crippen LogP contribution in [-0.4, -0.2) is 17.0 Å². The first-order valence-electron chi connectivity index (χ1n) is 4.53. The van der Waals surface area contributed by atoms with Crippen molar-refractivity contribution < 1.29 is 5.11 Å². The van der Waals surface area contributed by atoms with Crippen LogP contribution in [0.1, 0.15) is 33.1 Å². The van der Waals surface area contributed by atoms with E-state index in [1.807, 2.05) is 0 Å². The number of allylic oxidation sites excluding steroid dienone is 2. The summed E-state index contributed by atoms with van der Waals surface area (Å²) >= 11 is 3.40. The highest BCUT2D eigenvalue weighted by atomic mass is 79.9. The molecular formula is C10H19BrO. The fourth-order valence-corrected chi connectivity index (χ4v) is 1.26. The van der Waals surface area contributed by atoms with Gasteiger partial charge >= 0.3 is 0 Å². The van der Waals surface area contributed by atoms with Crippen molar-refractivity contribution >= 4 is 15.9 Å². The van der Waals surface area contributed by atoms with Crippen molar-refractivity contribution in [2.24, 2.45) is 5.92 Å². The third-order valence-corrected chi connectivity index (χ3v) is 2.87. The minimum atomic E-state index is 0.322. The fraction of sp³-hybridized carbons (Fsp3) is 0.800. The van der Waals surface area contributed by atoms with E-state index < -0.39 is 0 Å². The van der Waals surface area contributed by atoms with E-state index in [2.05, 4.69) is 35.9 Å². The second-order valence-corrected chi connectivity index (χ2v) is 3.94. The number of aliphatic hydroxyl groups is 1. The monoisotopic (exact) mass is 234 g/mol. The third kappa shape index (κ3) is 6.86. The lowest BCUT2D eigenvalue weighted by molar-refractivity contribution is 0.259. The van der Waals surface area contributed by atoms with Gasteiger partial charge in [-0.3, -0.25) is 0 Å². The standard InChI is InChI=1S/C10H19BrO/c1-9(6-7-12)4-3-5-10(2)8-11/h5,9,12H,3-4,6-8H2,1-2H3/b10-5-. The molecule has 72 valence electrons. The molecule has 1 unspecified atom stereocenters. The molecule has 1 nitrogen and oxygen atoms in total. The Morgan fingerprint density at radius 2 is 2.17 bits per heavy atom. The Labute approximate surface area is 84.0 Å². The predicted octanol–water partition coefficient (Wildman–Crippen LogP) is 3.13. The van der Waals surface area contributed by atoms with Gasteiger partial charge in [0.2, 0.25) is 0 Å². The second kappa shape index (κ2) is 7.81. The predicted molar refractivity (Wildman–Crippen MR) is 57.7 cm³/mol. The van der Waals surface area contributed by atoms with Crippen LogP contribution in [0.3, 0.4) is 0 Å². The zero-order valence-corrected chi connectivity index (χ0v) is 9.60. The normalized spacial score (nSPS) is 14.8. The maximum atomic E-state index is 8.67. The lowest BCUT2D eigenvalue weighted by Crippen LogP contribution is -1.97. The van der Waals surface area contributed by atoms with Crippen molar-refractivity contribution in [2.45, 2.75) is 33.1 Å². The Kier molecular flexibility index (Phi) is 7.93. The summed E-state index contributed by atoms with van der Waals surface area (Å²) in [6.45, 7) is 4.64. The van der Waals surface area contributed by atoms with Crippen LogP contribution in [0.5, 0.6) is 0 Å². The molecule has 0 aliphatic carbocycles. The molecular weight excluding hydrogens is 216 g/mol. The number of alkyl halides is 1. The van der Waals surface area contributed by atoms with Gasteiger partial charge in [-0.05, 0) is 32.1 Å². The van der Waals surface area contributed by atoms with Gasteiger partial charge in [0.05, 0.1) is 0 Å². The van der Waals surface area contributed by atoms with Crippen LogP contribution in [0.4, 0.5) is 0 Å². The molecule has 0 aliphatic rings. The minimum absolute atomic E-state index is 0.322. The smallest absolute Gasteiger partial charge is 0.0433 e. The molecule has 2 heteroatoms. The summed E-state index contributed by atoms with van der Waals surface area (Å²) < 4.78 is 0. The third-order valence-electron chi connectivity index (χ3n) is 1.98. The first kappa shape index (κ1) is 12.2. The van der Waals surface area contributed by atoms with Gasteiger partial charge in [0.15, 0.2) is 0 Å². The molecule has 0 aromatic rings. The van der Waals surface area contributed by atoms with Crippen molar-refractivity contribution in [1.82, 2.24) is 0 Å². The lowest BCUT2D eigenvalue weighted by Gasteiger charge is -2.06. The second-order valence-electron chi connectivity index (χ2n) is 3.38. The first-order chi connectivity index (χ1) is 5.70. The van der Waals surface area contributed by atoms with Crippen LogP contribution in [0, 0.1) is 5.92 Å². The summed E-state index contributed by atoms with van der Waals surface area (Å²) in [5.41, 5.74) is 1.39. The van der Waals surface area contributed by atoms with Crippen molar-refractivity contribution in [3.05, 3.63) is 11.6 Å². The molecule has 0 rings (SSSR count).